The summed E-state index contributed by atoms with van der Waals surface area (Å²) in [6.07, 6.45) is 0.924. The largest absolute Gasteiger partial charge is 0.378 e. The van der Waals surface area contributed by atoms with E-state index in [-0.39, 0.29) is 12.1 Å². The SMILES string of the molecule is NC1CC(c2cccc(Br)c2)Nc2ccccc21. The quantitative estimate of drug-likeness (QED) is 0.835. The van der Waals surface area contributed by atoms with Gasteiger partial charge in [0.05, 0.1) is 6.04 Å². The smallest absolute Gasteiger partial charge is 0.0532 e. The van der Waals surface area contributed by atoms with Gasteiger partial charge < -0.3 is 11.1 Å². The summed E-state index contributed by atoms with van der Waals surface area (Å²) in [5.41, 5.74) is 9.90. The molecule has 0 bridgehead atoms. The van der Waals surface area contributed by atoms with Crippen LogP contribution in [0.4, 0.5) is 5.69 Å². The highest BCUT2D eigenvalue weighted by Gasteiger charge is 2.24. The molecule has 0 aliphatic carbocycles. The third kappa shape index (κ3) is 2.16. The van der Waals surface area contributed by atoms with Crippen LogP contribution in [0.1, 0.15) is 29.6 Å². The molecule has 3 rings (SSSR count). The monoisotopic (exact) mass is 302 g/mol. The first-order valence-electron chi connectivity index (χ1n) is 6.10. The van der Waals surface area contributed by atoms with Gasteiger partial charge in [0.1, 0.15) is 0 Å². The maximum absolute atomic E-state index is 6.26. The number of halogens is 1. The highest BCUT2D eigenvalue weighted by Crippen LogP contribution is 2.37. The lowest BCUT2D eigenvalue weighted by Gasteiger charge is -2.31. The Kier molecular flexibility index (Phi) is 3.10. The van der Waals surface area contributed by atoms with E-state index in [4.69, 9.17) is 5.73 Å². The zero-order valence-electron chi connectivity index (χ0n) is 9.94. The Morgan fingerprint density at radius 2 is 1.94 bits per heavy atom. The summed E-state index contributed by atoms with van der Waals surface area (Å²) in [7, 11) is 0. The molecule has 0 aromatic heterocycles. The third-order valence-corrected chi connectivity index (χ3v) is 3.92. The number of rotatable bonds is 1. The van der Waals surface area contributed by atoms with E-state index in [1.54, 1.807) is 0 Å². The Bertz CT molecular complexity index is 568. The van der Waals surface area contributed by atoms with Crippen LogP contribution in [0.15, 0.2) is 53.0 Å². The minimum Gasteiger partial charge on any atom is -0.378 e. The zero-order chi connectivity index (χ0) is 12.5. The van der Waals surface area contributed by atoms with Crippen molar-refractivity contribution in [2.45, 2.75) is 18.5 Å². The molecule has 92 valence electrons. The Hall–Kier alpha value is -1.32. The number of fused-ring (bicyclic) bond motifs is 1. The number of anilines is 1. The molecule has 3 heteroatoms. The van der Waals surface area contributed by atoms with Gasteiger partial charge in [0.2, 0.25) is 0 Å². The van der Waals surface area contributed by atoms with E-state index < -0.39 is 0 Å². The van der Waals surface area contributed by atoms with E-state index in [1.807, 2.05) is 18.2 Å². The first-order chi connectivity index (χ1) is 8.74. The van der Waals surface area contributed by atoms with Crippen molar-refractivity contribution in [1.29, 1.82) is 0 Å². The number of nitrogens with one attached hydrogen (secondary N) is 1. The molecular formula is C15H15BrN2. The van der Waals surface area contributed by atoms with Crippen molar-refractivity contribution in [3.8, 4) is 0 Å². The van der Waals surface area contributed by atoms with Crippen LogP contribution in [-0.4, -0.2) is 0 Å². The van der Waals surface area contributed by atoms with Gasteiger partial charge in [0, 0.05) is 16.2 Å². The predicted molar refractivity (Wildman–Crippen MR) is 78.5 cm³/mol. The molecule has 0 radical (unpaired) electrons. The summed E-state index contributed by atoms with van der Waals surface area (Å²) >= 11 is 3.52. The van der Waals surface area contributed by atoms with Crippen molar-refractivity contribution in [3.63, 3.8) is 0 Å². The van der Waals surface area contributed by atoms with E-state index in [0.717, 1.165) is 16.6 Å². The Morgan fingerprint density at radius 3 is 2.78 bits per heavy atom. The van der Waals surface area contributed by atoms with Crippen molar-refractivity contribution in [2.75, 3.05) is 5.32 Å². The van der Waals surface area contributed by atoms with Gasteiger partial charge in [-0.25, -0.2) is 0 Å². The van der Waals surface area contributed by atoms with Gasteiger partial charge in [0.25, 0.3) is 0 Å². The normalized spacial score (nSPS) is 22.1. The summed E-state index contributed by atoms with van der Waals surface area (Å²) in [6, 6.07) is 17.1. The molecule has 3 N–H and O–H groups in total. The van der Waals surface area contributed by atoms with Crippen molar-refractivity contribution >= 4 is 21.6 Å². The summed E-state index contributed by atoms with van der Waals surface area (Å²) in [5.74, 6) is 0. The average molecular weight is 303 g/mol. The molecule has 0 spiro atoms. The molecule has 1 heterocycles. The Labute approximate surface area is 115 Å². The fraction of sp³-hybridized carbons (Fsp3) is 0.200. The average Bonchev–Trinajstić information content (AvgIpc) is 2.39. The van der Waals surface area contributed by atoms with E-state index in [1.165, 1.54) is 11.1 Å². The lowest BCUT2D eigenvalue weighted by Crippen LogP contribution is -2.25. The molecule has 2 atom stereocenters. The van der Waals surface area contributed by atoms with Crippen molar-refractivity contribution in [1.82, 2.24) is 0 Å². The van der Waals surface area contributed by atoms with Gasteiger partial charge in [-0.2, -0.15) is 0 Å². The first-order valence-corrected chi connectivity index (χ1v) is 6.90. The molecule has 1 aliphatic heterocycles. The van der Waals surface area contributed by atoms with Crippen LogP contribution >= 0.6 is 15.9 Å². The van der Waals surface area contributed by atoms with Crippen LogP contribution in [-0.2, 0) is 0 Å². The first kappa shape index (κ1) is 11.8. The van der Waals surface area contributed by atoms with Gasteiger partial charge >= 0.3 is 0 Å². The lowest BCUT2D eigenvalue weighted by molar-refractivity contribution is 0.560. The molecule has 0 saturated heterocycles. The Balaban J connectivity index is 1.94. The van der Waals surface area contributed by atoms with E-state index in [2.05, 4.69) is 51.6 Å². The topological polar surface area (TPSA) is 38.0 Å². The predicted octanol–water partition coefficient (Wildman–Crippen LogP) is 4.01. The summed E-state index contributed by atoms with van der Waals surface area (Å²) in [4.78, 5) is 0. The van der Waals surface area contributed by atoms with Crippen LogP contribution in [0.25, 0.3) is 0 Å². The number of hydrogen-bond donors (Lipinski definition) is 2. The van der Waals surface area contributed by atoms with Crippen molar-refractivity contribution in [3.05, 3.63) is 64.1 Å². The summed E-state index contributed by atoms with van der Waals surface area (Å²) in [6.45, 7) is 0. The lowest BCUT2D eigenvalue weighted by atomic mass is 9.90. The van der Waals surface area contributed by atoms with Gasteiger partial charge in [-0.3, -0.25) is 0 Å². The fourth-order valence-electron chi connectivity index (χ4n) is 2.52. The molecule has 0 saturated carbocycles. The summed E-state index contributed by atoms with van der Waals surface area (Å²) < 4.78 is 1.11. The van der Waals surface area contributed by atoms with Crippen LogP contribution in [0, 0.1) is 0 Å². The molecule has 1 aliphatic rings. The third-order valence-electron chi connectivity index (χ3n) is 3.43. The van der Waals surface area contributed by atoms with Crippen LogP contribution < -0.4 is 11.1 Å². The zero-order valence-corrected chi connectivity index (χ0v) is 11.5. The number of nitrogens with two attached hydrogens (primary N) is 1. The maximum atomic E-state index is 6.26. The number of para-hydroxylation sites is 1. The molecule has 0 fully saturated rings. The summed E-state index contributed by atoms with van der Waals surface area (Å²) in [5, 5.41) is 3.57. The van der Waals surface area contributed by atoms with E-state index in [0.29, 0.717) is 0 Å². The molecule has 2 unspecified atom stereocenters. The number of benzene rings is 2. The van der Waals surface area contributed by atoms with Gasteiger partial charge in [-0.1, -0.05) is 46.3 Å². The van der Waals surface area contributed by atoms with E-state index in [9.17, 15) is 0 Å². The highest BCUT2D eigenvalue weighted by molar-refractivity contribution is 9.10. The molecule has 2 aromatic carbocycles. The second-order valence-electron chi connectivity index (χ2n) is 4.68. The van der Waals surface area contributed by atoms with Crippen LogP contribution in [0.3, 0.4) is 0 Å². The van der Waals surface area contributed by atoms with Gasteiger partial charge in [-0.05, 0) is 35.7 Å². The highest BCUT2D eigenvalue weighted by atomic mass is 79.9. The van der Waals surface area contributed by atoms with Gasteiger partial charge in [-0.15, -0.1) is 0 Å². The number of hydrogen-bond acceptors (Lipinski definition) is 2. The van der Waals surface area contributed by atoms with Crippen LogP contribution in [0.5, 0.6) is 0 Å². The minimum atomic E-state index is 0.103. The molecule has 18 heavy (non-hydrogen) atoms. The Morgan fingerprint density at radius 1 is 1.11 bits per heavy atom. The standard InChI is InChI=1S/C15H15BrN2/c16-11-5-3-4-10(8-11)15-9-13(17)12-6-1-2-7-14(12)18-15/h1-8,13,15,18H,9,17H2. The molecule has 2 aromatic rings. The second kappa shape index (κ2) is 4.75. The van der Waals surface area contributed by atoms with Gasteiger partial charge in [0.15, 0.2) is 0 Å². The van der Waals surface area contributed by atoms with Crippen molar-refractivity contribution < 1.29 is 0 Å². The molecule has 2 nitrogen and oxygen atoms in total. The van der Waals surface area contributed by atoms with Crippen molar-refractivity contribution in [2.24, 2.45) is 5.73 Å². The van der Waals surface area contributed by atoms with E-state index >= 15 is 0 Å². The van der Waals surface area contributed by atoms with Crippen LogP contribution in [0.2, 0.25) is 0 Å². The molecule has 0 amide bonds. The molecular weight excluding hydrogens is 288 g/mol. The minimum absolute atomic E-state index is 0.103. The maximum Gasteiger partial charge on any atom is 0.0532 e. The fourth-order valence-corrected chi connectivity index (χ4v) is 2.94. The second-order valence-corrected chi connectivity index (χ2v) is 5.60.